The van der Waals surface area contributed by atoms with Crippen molar-refractivity contribution in [1.82, 2.24) is 9.88 Å². The van der Waals surface area contributed by atoms with Gasteiger partial charge in [0.1, 0.15) is 5.76 Å². The third-order valence-corrected chi connectivity index (χ3v) is 5.79. The standard InChI is InChI=1S/C24H22N2O4/c27-21(26-11-3-4-12-26)15-30-24(28)22-18-7-1-2-8-20(18)25-23-16(9-10-19(22)23)14-17-6-5-13-29-17/h1-2,5-8,13-14H,3-4,9-12,15H2/b16-14+. The van der Waals surface area contributed by atoms with E-state index in [2.05, 4.69) is 0 Å². The summed E-state index contributed by atoms with van der Waals surface area (Å²) in [6, 6.07) is 11.3. The smallest absolute Gasteiger partial charge is 0.339 e. The minimum Gasteiger partial charge on any atom is -0.465 e. The van der Waals surface area contributed by atoms with Crippen molar-refractivity contribution in [2.24, 2.45) is 0 Å². The first-order valence-corrected chi connectivity index (χ1v) is 10.3. The highest BCUT2D eigenvalue weighted by Crippen LogP contribution is 2.37. The first-order chi connectivity index (χ1) is 14.7. The maximum absolute atomic E-state index is 13.1. The number of amides is 1. The molecule has 2 aliphatic rings. The van der Waals surface area contributed by atoms with Gasteiger partial charge in [0.05, 0.1) is 23.0 Å². The number of aromatic nitrogens is 1. The molecule has 0 unspecified atom stereocenters. The second kappa shape index (κ2) is 7.78. The lowest BCUT2D eigenvalue weighted by atomic mass is 10.0. The molecule has 152 valence electrons. The molecule has 5 rings (SSSR count). The zero-order valence-electron chi connectivity index (χ0n) is 16.6. The van der Waals surface area contributed by atoms with Crippen molar-refractivity contribution >= 4 is 34.4 Å². The van der Waals surface area contributed by atoms with Gasteiger partial charge in [0.2, 0.25) is 0 Å². The number of ether oxygens (including phenoxy) is 1. The van der Waals surface area contributed by atoms with Gasteiger partial charge in [0.15, 0.2) is 6.61 Å². The van der Waals surface area contributed by atoms with Crippen LogP contribution in [-0.2, 0) is 16.0 Å². The van der Waals surface area contributed by atoms with Crippen LogP contribution in [-0.4, -0.2) is 41.5 Å². The Morgan fingerprint density at radius 2 is 1.93 bits per heavy atom. The largest absolute Gasteiger partial charge is 0.465 e. The molecule has 6 nitrogen and oxygen atoms in total. The van der Waals surface area contributed by atoms with Crippen LogP contribution in [0.25, 0.3) is 22.6 Å². The Kier molecular flexibility index (Phi) is 4.83. The molecule has 0 radical (unpaired) electrons. The number of hydrogen-bond acceptors (Lipinski definition) is 5. The number of likely N-dealkylation sites (tertiary alicyclic amines) is 1. The Labute approximate surface area is 174 Å². The Morgan fingerprint density at radius 3 is 2.73 bits per heavy atom. The van der Waals surface area contributed by atoms with Crippen molar-refractivity contribution in [2.45, 2.75) is 25.7 Å². The summed E-state index contributed by atoms with van der Waals surface area (Å²) in [5, 5.41) is 0.758. The fraction of sp³-hybridized carbons (Fsp3) is 0.292. The van der Waals surface area contributed by atoms with Crippen molar-refractivity contribution in [1.29, 1.82) is 0 Å². The molecule has 2 aromatic heterocycles. The predicted octanol–water partition coefficient (Wildman–Crippen LogP) is 4.09. The molecule has 1 saturated heterocycles. The molecule has 0 spiro atoms. The van der Waals surface area contributed by atoms with Gasteiger partial charge >= 0.3 is 5.97 Å². The number of pyridine rings is 1. The highest BCUT2D eigenvalue weighted by atomic mass is 16.5. The number of fused-ring (bicyclic) bond motifs is 2. The van der Waals surface area contributed by atoms with E-state index in [1.807, 2.05) is 42.5 Å². The molecule has 0 N–H and O–H groups in total. The van der Waals surface area contributed by atoms with Gasteiger partial charge in [-0.05, 0) is 61.1 Å². The summed E-state index contributed by atoms with van der Waals surface area (Å²) < 4.78 is 10.9. The van der Waals surface area contributed by atoms with Crippen molar-refractivity contribution in [3.63, 3.8) is 0 Å². The van der Waals surface area contributed by atoms with Gasteiger partial charge in [-0.2, -0.15) is 0 Å². The third-order valence-electron chi connectivity index (χ3n) is 5.79. The van der Waals surface area contributed by atoms with Gasteiger partial charge in [-0.25, -0.2) is 9.78 Å². The predicted molar refractivity (Wildman–Crippen MR) is 113 cm³/mol. The lowest BCUT2D eigenvalue weighted by molar-refractivity contribution is -0.133. The molecule has 1 aliphatic heterocycles. The number of furan rings is 1. The number of carbonyl (C=O) groups excluding carboxylic acids is 2. The molecular weight excluding hydrogens is 380 g/mol. The zero-order chi connectivity index (χ0) is 20.5. The summed E-state index contributed by atoms with van der Waals surface area (Å²) in [5.41, 5.74) is 3.98. The number of esters is 1. The molecule has 1 fully saturated rings. The van der Waals surface area contributed by atoms with Gasteiger partial charge in [-0.3, -0.25) is 4.79 Å². The van der Waals surface area contributed by atoms with Crippen LogP contribution in [0, 0.1) is 0 Å². The first kappa shape index (κ1) is 18.6. The molecule has 3 aromatic rings. The Morgan fingerprint density at radius 1 is 1.10 bits per heavy atom. The lowest BCUT2D eigenvalue weighted by Crippen LogP contribution is -2.32. The Hall–Kier alpha value is -3.41. The van der Waals surface area contributed by atoms with Crippen LogP contribution in [0.3, 0.4) is 0 Å². The molecule has 3 heterocycles. The molecule has 1 amide bonds. The Bertz CT molecular complexity index is 1140. The average Bonchev–Trinajstić information content (AvgIpc) is 3.53. The number of para-hydroxylation sites is 1. The van der Waals surface area contributed by atoms with Crippen molar-refractivity contribution in [2.75, 3.05) is 19.7 Å². The summed E-state index contributed by atoms with van der Waals surface area (Å²) in [5.74, 6) is 0.166. The number of carbonyl (C=O) groups is 2. The van der Waals surface area contributed by atoms with Gasteiger partial charge in [-0.15, -0.1) is 0 Å². The number of nitrogens with zero attached hydrogens (tertiary/aromatic N) is 2. The zero-order valence-corrected chi connectivity index (χ0v) is 16.6. The normalized spacial score (nSPS) is 16.9. The Balaban J connectivity index is 1.50. The number of allylic oxidation sites excluding steroid dienone is 1. The minimum absolute atomic E-state index is 0.130. The van der Waals surface area contributed by atoms with E-state index >= 15 is 0 Å². The number of hydrogen-bond donors (Lipinski definition) is 0. The van der Waals surface area contributed by atoms with Crippen LogP contribution in [0.2, 0.25) is 0 Å². The summed E-state index contributed by atoms with van der Waals surface area (Å²) >= 11 is 0. The molecule has 0 saturated carbocycles. The maximum atomic E-state index is 13.1. The van der Waals surface area contributed by atoms with E-state index in [1.54, 1.807) is 11.2 Å². The van der Waals surface area contributed by atoms with Crippen molar-refractivity contribution in [3.05, 3.63) is 65.2 Å². The van der Waals surface area contributed by atoms with Gasteiger partial charge in [0.25, 0.3) is 5.91 Å². The molecule has 30 heavy (non-hydrogen) atoms. The van der Waals surface area contributed by atoms with E-state index < -0.39 is 5.97 Å². The molecule has 1 aromatic carbocycles. The van der Waals surface area contributed by atoms with E-state index in [1.165, 1.54) is 0 Å². The fourth-order valence-electron chi connectivity index (χ4n) is 4.31. The van der Waals surface area contributed by atoms with Crippen molar-refractivity contribution < 1.29 is 18.7 Å². The van der Waals surface area contributed by atoms with Crippen LogP contribution in [0.4, 0.5) is 0 Å². The van der Waals surface area contributed by atoms with E-state index in [4.69, 9.17) is 14.1 Å². The van der Waals surface area contributed by atoms with E-state index in [-0.39, 0.29) is 12.5 Å². The summed E-state index contributed by atoms with van der Waals surface area (Å²) in [6.07, 6.45) is 7.09. The second-order valence-electron chi connectivity index (χ2n) is 7.68. The molecule has 6 heteroatoms. The van der Waals surface area contributed by atoms with Gasteiger partial charge in [-0.1, -0.05) is 18.2 Å². The highest BCUT2D eigenvalue weighted by molar-refractivity contribution is 6.07. The summed E-state index contributed by atoms with van der Waals surface area (Å²) in [6.45, 7) is 1.26. The maximum Gasteiger partial charge on any atom is 0.339 e. The lowest BCUT2D eigenvalue weighted by Gasteiger charge is -2.16. The average molecular weight is 402 g/mol. The molecule has 1 aliphatic carbocycles. The number of benzene rings is 1. The molecule has 0 atom stereocenters. The van der Waals surface area contributed by atoms with E-state index in [9.17, 15) is 9.59 Å². The topological polar surface area (TPSA) is 72.6 Å². The second-order valence-corrected chi connectivity index (χ2v) is 7.68. The molecular formula is C24H22N2O4. The summed E-state index contributed by atoms with van der Waals surface area (Å²) in [7, 11) is 0. The molecule has 0 bridgehead atoms. The van der Waals surface area contributed by atoms with Crippen LogP contribution >= 0.6 is 0 Å². The quantitative estimate of drug-likeness (QED) is 0.615. The minimum atomic E-state index is -0.461. The summed E-state index contributed by atoms with van der Waals surface area (Å²) in [4.78, 5) is 32.0. The number of rotatable bonds is 4. The first-order valence-electron chi connectivity index (χ1n) is 10.3. The monoisotopic (exact) mass is 402 g/mol. The van der Waals surface area contributed by atoms with Gasteiger partial charge in [0, 0.05) is 18.5 Å². The highest BCUT2D eigenvalue weighted by Gasteiger charge is 2.28. The van der Waals surface area contributed by atoms with E-state index in [0.717, 1.165) is 65.8 Å². The fourth-order valence-corrected chi connectivity index (χ4v) is 4.31. The third kappa shape index (κ3) is 3.38. The van der Waals surface area contributed by atoms with Crippen LogP contribution in [0.1, 0.15) is 46.6 Å². The van der Waals surface area contributed by atoms with Crippen molar-refractivity contribution in [3.8, 4) is 0 Å². The SMILES string of the molecule is O=C(OCC(=O)N1CCCC1)c1c2c(nc3ccccc13)/C(=C/c1ccco1)CC2. The van der Waals surface area contributed by atoms with Crippen LogP contribution in [0.5, 0.6) is 0 Å². The van der Waals surface area contributed by atoms with Crippen LogP contribution in [0.15, 0.2) is 47.1 Å². The van der Waals surface area contributed by atoms with E-state index in [0.29, 0.717) is 12.0 Å². The van der Waals surface area contributed by atoms with Gasteiger partial charge < -0.3 is 14.1 Å². The van der Waals surface area contributed by atoms with Crippen LogP contribution < -0.4 is 0 Å².